The molecule has 0 saturated heterocycles. The predicted molar refractivity (Wildman–Crippen MR) is 93.8 cm³/mol. The summed E-state index contributed by atoms with van der Waals surface area (Å²) in [6.07, 6.45) is -7.84. The van der Waals surface area contributed by atoms with Gasteiger partial charge in [-0.2, -0.15) is 22.0 Å². The van der Waals surface area contributed by atoms with Crippen LogP contribution in [-0.2, 0) is 10.3 Å². The molecule has 0 aromatic heterocycles. The maximum Gasteiger partial charge on any atom is 0.417 e. The molecule has 0 bridgehead atoms. The third-order valence-corrected chi connectivity index (χ3v) is 5.82. The van der Waals surface area contributed by atoms with Crippen LogP contribution in [0.1, 0.15) is 23.7 Å². The van der Waals surface area contributed by atoms with Gasteiger partial charge in [0.25, 0.3) is 5.92 Å². The first-order chi connectivity index (χ1) is 14.2. The highest BCUT2D eigenvalue weighted by Gasteiger charge is 2.59. The molecule has 0 fully saturated rings. The molecule has 4 nitrogen and oxygen atoms in total. The van der Waals surface area contributed by atoms with E-state index in [0.717, 1.165) is 4.90 Å². The Balaban J connectivity index is 1.91. The zero-order chi connectivity index (χ0) is 22.9. The van der Waals surface area contributed by atoms with Gasteiger partial charge in [-0.05, 0) is 33.6 Å². The summed E-state index contributed by atoms with van der Waals surface area (Å²) in [6.45, 7) is -4.14. The Morgan fingerprint density at radius 2 is 1.94 bits per heavy atom. The van der Waals surface area contributed by atoms with E-state index in [0.29, 0.717) is 12.3 Å². The van der Waals surface area contributed by atoms with Gasteiger partial charge in [-0.25, -0.2) is 13.2 Å². The van der Waals surface area contributed by atoms with Crippen molar-refractivity contribution in [1.29, 1.82) is 0 Å². The highest BCUT2D eigenvalue weighted by molar-refractivity contribution is 9.10. The second-order valence-electron chi connectivity index (χ2n) is 7.23. The summed E-state index contributed by atoms with van der Waals surface area (Å²) in [5.74, 6) is -6.58. The lowest BCUT2D eigenvalue weighted by Gasteiger charge is -2.40. The number of benzene rings is 1. The third kappa shape index (κ3) is 3.51. The monoisotopic (exact) mass is 518 g/mol. The number of hydrogen-bond donors (Lipinski definition) is 1. The maximum atomic E-state index is 14.7. The summed E-state index contributed by atoms with van der Waals surface area (Å²) < 4.78 is 113. The third-order valence-electron chi connectivity index (χ3n) is 5.20. The van der Waals surface area contributed by atoms with Crippen molar-refractivity contribution in [2.75, 3.05) is 6.54 Å². The molecular formula is C18H11BrF8N2O2. The first kappa shape index (κ1) is 22.1. The highest BCUT2D eigenvalue weighted by Crippen LogP contribution is 2.54. The molecule has 31 heavy (non-hydrogen) atoms. The van der Waals surface area contributed by atoms with E-state index < -0.39 is 71.9 Å². The van der Waals surface area contributed by atoms with Gasteiger partial charge in [0.2, 0.25) is 0 Å². The molecular weight excluding hydrogens is 508 g/mol. The van der Waals surface area contributed by atoms with Crippen LogP contribution < -0.4 is 0 Å². The minimum atomic E-state index is -4.94. The highest BCUT2D eigenvalue weighted by atomic mass is 79.9. The molecule has 1 unspecified atom stereocenters. The van der Waals surface area contributed by atoms with Crippen LogP contribution in [0.15, 0.2) is 45.2 Å². The average molecular weight is 519 g/mol. The van der Waals surface area contributed by atoms with E-state index in [1.807, 2.05) is 0 Å². The van der Waals surface area contributed by atoms with Crippen LogP contribution in [0.3, 0.4) is 0 Å². The van der Waals surface area contributed by atoms with E-state index in [2.05, 4.69) is 25.7 Å². The number of fused-ring (bicyclic) bond motifs is 3. The van der Waals surface area contributed by atoms with Gasteiger partial charge in [0, 0.05) is 18.2 Å². The van der Waals surface area contributed by atoms with Crippen LogP contribution in [0.4, 0.5) is 35.1 Å². The van der Waals surface area contributed by atoms with E-state index in [1.54, 1.807) is 0 Å². The number of rotatable bonds is 2. The molecule has 13 heteroatoms. The predicted octanol–water partition coefficient (Wildman–Crippen LogP) is 5.15. The van der Waals surface area contributed by atoms with E-state index in [9.17, 15) is 40.2 Å². The lowest BCUT2D eigenvalue weighted by molar-refractivity contribution is -0.138. The molecule has 3 aliphatic rings. The van der Waals surface area contributed by atoms with E-state index in [1.165, 1.54) is 12.1 Å². The number of halogens is 9. The van der Waals surface area contributed by atoms with Gasteiger partial charge in [-0.15, -0.1) is 0 Å². The van der Waals surface area contributed by atoms with Crippen molar-refractivity contribution in [2.24, 2.45) is 4.99 Å². The number of amidine groups is 1. The van der Waals surface area contributed by atoms with Crippen molar-refractivity contribution in [3.8, 4) is 0 Å². The number of aliphatic imine (C=N–C) groups is 1. The van der Waals surface area contributed by atoms with Crippen LogP contribution in [0.25, 0.3) is 0 Å². The minimum absolute atomic E-state index is 0.188. The van der Waals surface area contributed by atoms with Gasteiger partial charge in [0.15, 0.2) is 11.6 Å². The lowest BCUT2D eigenvalue weighted by Crippen LogP contribution is -2.46. The van der Waals surface area contributed by atoms with Crippen molar-refractivity contribution in [2.45, 2.75) is 36.8 Å². The topological polar surface area (TPSA) is 45.1 Å². The molecule has 1 spiro atoms. The van der Waals surface area contributed by atoms with Gasteiger partial charge >= 0.3 is 12.8 Å². The second kappa shape index (κ2) is 6.92. The fourth-order valence-corrected chi connectivity index (χ4v) is 4.33. The normalized spacial score (nSPS) is 27.0. The van der Waals surface area contributed by atoms with Gasteiger partial charge < -0.3 is 14.7 Å². The van der Waals surface area contributed by atoms with Gasteiger partial charge in [0.1, 0.15) is 17.5 Å². The lowest BCUT2D eigenvalue weighted by atomic mass is 9.73. The summed E-state index contributed by atoms with van der Waals surface area (Å²) in [5.41, 5.74) is -4.33. The molecule has 1 aromatic rings. The SMILES string of the molecule is O[C@@H]1c2c(ccc(Br)c2F)C2(CN3C=C(C(F)(F)F)C=C(OC(F)F)C3=N2)CC1(F)F. The summed E-state index contributed by atoms with van der Waals surface area (Å²) in [6, 6.07) is 2.38. The van der Waals surface area contributed by atoms with Crippen LogP contribution in [0, 0.1) is 5.82 Å². The van der Waals surface area contributed by atoms with Crippen LogP contribution >= 0.6 is 15.9 Å². The summed E-state index contributed by atoms with van der Waals surface area (Å²) >= 11 is 2.84. The number of ether oxygens (including phenoxy) is 1. The Hall–Kier alpha value is -2.15. The standard InChI is InChI=1S/C18H11BrF8N2O2/c19-9-2-1-8-11(12(9)20)13(30)17(23,24)5-16(8)6-29-4-7(18(25,26)27)3-10(14(29)28-16)31-15(21)22/h1-4,13,15,30H,5-6H2/t13-,16?/m1/s1. The molecule has 0 radical (unpaired) electrons. The number of aliphatic hydroxyl groups is 1. The summed E-state index contributed by atoms with van der Waals surface area (Å²) in [5, 5.41) is 10.0. The van der Waals surface area contributed by atoms with Crippen LogP contribution in [0.5, 0.6) is 0 Å². The molecule has 0 amide bonds. The molecule has 2 aliphatic heterocycles. The largest absolute Gasteiger partial charge is 0.431 e. The molecule has 2 atom stereocenters. The molecule has 1 aromatic carbocycles. The quantitative estimate of drug-likeness (QED) is 0.550. The number of hydrogen-bond acceptors (Lipinski definition) is 4. The molecule has 2 heterocycles. The number of allylic oxidation sites excluding steroid dienone is 2. The maximum absolute atomic E-state index is 14.7. The average Bonchev–Trinajstić information content (AvgIpc) is 2.99. The van der Waals surface area contributed by atoms with E-state index >= 15 is 0 Å². The zero-order valence-electron chi connectivity index (χ0n) is 15.0. The van der Waals surface area contributed by atoms with Crippen molar-refractivity contribution in [3.63, 3.8) is 0 Å². The molecule has 1 N–H and O–H groups in total. The number of nitrogens with zero attached hydrogens (tertiary/aromatic N) is 2. The second-order valence-corrected chi connectivity index (χ2v) is 8.08. The Bertz CT molecular complexity index is 1040. The Morgan fingerprint density at radius 1 is 1.26 bits per heavy atom. The number of alkyl halides is 7. The Kier molecular flexibility index (Phi) is 4.93. The summed E-state index contributed by atoms with van der Waals surface area (Å²) in [4.78, 5) is 4.79. The molecule has 4 rings (SSSR count). The van der Waals surface area contributed by atoms with Crippen molar-refractivity contribution < 1.29 is 45.0 Å². The molecule has 168 valence electrons. The molecule has 1 aliphatic carbocycles. The van der Waals surface area contributed by atoms with Crippen LogP contribution in [0.2, 0.25) is 0 Å². The molecule has 0 saturated carbocycles. The smallest absolute Gasteiger partial charge is 0.417 e. The van der Waals surface area contributed by atoms with Gasteiger partial charge in [0.05, 0.1) is 16.6 Å². The van der Waals surface area contributed by atoms with Crippen molar-refractivity contribution in [1.82, 2.24) is 4.90 Å². The fraction of sp³-hybridized carbons (Fsp3) is 0.389. The van der Waals surface area contributed by atoms with Crippen LogP contribution in [-0.4, -0.2) is 41.1 Å². The van der Waals surface area contributed by atoms with Gasteiger partial charge in [-0.3, -0.25) is 4.99 Å². The van der Waals surface area contributed by atoms with Gasteiger partial charge in [-0.1, -0.05) is 6.07 Å². The summed E-state index contributed by atoms with van der Waals surface area (Å²) in [7, 11) is 0. The number of aliphatic hydroxyl groups excluding tert-OH is 1. The Morgan fingerprint density at radius 3 is 2.55 bits per heavy atom. The minimum Gasteiger partial charge on any atom is -0.431 e. The van der Waals surface area contributed by atoms with Crippen molar-refractivity contribution in [3.05, 3.63) is 57.2 Å². The Labute approximate surface area is 177 Å². The van der Waals surface area contributed by atoms with Crippen molar-refractivity contribution >= 4 is 21.8 Å². The zero-order valence-corrected chi connectivity index (χ0v) is 16.6. The fourth-order valence-electron chi connectivity index (χ4n) is 3.98. The first-order valence-corrected chi connectivity index (χ1v) is 9.41. The van der Waals surface area contributed by atoms with E-state index in [4.69, 9.17) is 0 Å². The first-order valence-electron chi connectivity index (χ1n) is 8.62. The van der Waals surface area contributed by atoms with E-state index in [-0.39, 0.29) is 10.0 Å².